The third-order valence-corrected chi connectivity index (χ3v) is 5.73. The number of hydrogen-bond acceptors (Lipinski definition) is 5. The number of carbonyl (C=O) groups excluding carboxylic acids is 1. The monoisotopic (exact) mass is 386 g/mol. The first-order chi connectivity index (χ1) is 13.0. The van der Waals surface area contributed by atoms with E-state index in [1.54, 1.807) is 23.1 Å². The van der Waals surface area contributed by atoms with E-state index in [-0.39, 0.29) is 23.8 Å². The number of carbonyl (C=O) groups is 1. The van der Waals surface area contributed by atoms with Crippen molar-refractivity contribution in [3.8, 4) is 0 Å². The van der Waals surface area contributed by atoms with Crippen LogP contribution in [0.1, 0.15) is 4.88 Å². The van der Waals surface area contributed by atoms with E-state index >= 15 is 0 Å². The fourth-order valence-corrected chi connectivity index (χ4v) is 4.18. The zero-order valence-electron chi connectivity index (χ0n) is 14.9. The second-order valence-corrected chi connectivity index (χ2v) is 7.81. The van der Waals surface area contributed by atoms with E-state index in [2.05, 4.69) is 4.98 Å². The molecule has 6 nitrogen and oxygen atoms in total. The van der Waals surface area contributed by atoms with Crippen LogP contribution in [-0.4, -0.2) is 46.5 Å². The standard InChI is InChI=1S/C19H19FN4O2S/c1-13-10-14-18(27-13)21-12-24(19(14)26)11-17(25)23-8-6-22(7-9-23)16-5-3-2-4-15(16)20/h2-5,10,12H,6-9,11H2,1H3. The lowest BCUT2D eigenvalue weighted by atomic mass is 10.2. The lowest BCUT2D eigenvalue weighted by Gasteiger charge is -2.36. The first-order valence-corrected chi connectivity index (χ1v) is 9.57. The smallest absolute Gasteiger partial charge is 0.262 e. The van der Waals surface area contributed by atoms with Gasteiger partial charge >= 0.3 is 0 Å². The Bertz CT molecular complexity index is 1050. The van der Waals surface area contributed by atoms with Crippen LogP contribution in [0, 0.1) is 12.7 Å². The highest BCUT2D eigenvalue weighted by Gasteiger charge is 2.23. The van der Waals surface area contributed by atoms with Crippen LogP contribution >= 0.6 is 11.3 Å². The fourth-order valence-electron chi connectivity index (χ4n) is 3.34. The second kappa shape index (κ2) is 7.11. The minimum Gasteiger partial charge on any atom is -0.366 e. The van der Waals surface area contributed by atoms with Gasteiger partial charge in [0.15, 0.2) is 0 Å². The van der Waals surface area contributed by atoms with E-state index in [0.717, 1.165) is 4.88 Å². The number of para-hydroxylation sites is 1. The van der Waals surface area contributed by atoms with E-state index in [9.17, 15) is 14.0 Å². The molecule has 0 radical (unpaired) electrons. The number of piperazine rings is 1. The Hall–Kier alpha value is -2.74. The van der Waals surface area contributed by atoms with E-state index in [1.165, 1.54) is 28.3 Å². The molecule has 1 aliphatic rings. The summed E-state index contributed by atoms with van der Waals surface area (Å²) >= 11 is 1.47. The number of nitrogens with zero attached hydrogens (tertiary/aromatic N) is 4. The van der Waals surface area contributed by atoms with Crippen molar-refractivity contribution in [3.63, 3.8) is 0 Å². The lowest BCUT2D eigenvalue weighted by Crippen LogP contribution is -2.50. The van der Waals surface area contributed by atoms with Crippen molar-refractivity contribution in [1.29, 1.82) is 0 Å². The predicted octanol–water partition coefficient (Wildman–Crippen LogP) is 2.25. The number of rotatable bonds is 3. The Morgan fingerprint density at radius 3 is 2.70 bits per heavy atom. The van der Waals surface area contributed by atoms with Gasteiger partial charge < -0.3 is 9.80 Å². The molecule has 140 valence electrons. The second-order valence-electron chi connectivity index (χ2n) is 6.57. The number of hydrogen-bond donors (Lipinski definition) is 0. The van der Waals surface area contributed by atoms with Crippen molar-refractivity contribution in [2.24, 2.45) is 0 Å². The molecule has 1 aliphatic heterocycles. The SMILES string of the molecule is Cc1cc2c(=O)n(CC(=O)N3CCN(c4ccccc4F)CC3)cnc2s1. The largest absolute Gasteiger partial charge is 0.366 e. The number of fused-ring (bicyclic) bond motifs is 1. The third kappa shape index (κ3) is 3.44. The van der Waals surface area contributed by atoms with Gasteiger partial charge in [-0.3, -0.25) is 14.2 Å². The molecule has 1 saturated heterocycles. The molecule has 0 N–H and O–H groups in total. The molecule has 0 unspecified atom stereocenters. The molecular formula is C19H19FN4O2S. The molecule has 0 spiro atoms. The maximum atomic E-state index is 13.9. The van der Waals surface area contributed by atoms with Gasteiger partial charge in [-0.1, -0.05) is 12.1 Å². The molecule has 2 aromatic heterocycles. The average Bonchev–Trinajstić information content (AvgIpc) is 3.06. The summed E-state index contributed by atoms with van der Waals surface area (Å²) in [4.78, 5) is 34.8. The van der Waals surface area contributed by atoms with Crippen molar-refractivity contribution in [2.45, 2.75) is 13.5 Å². The third-order valence-electron chi connectivity index (χ3n) is 4.77. The van der Waals surface area contributed by atoms with Crippen LogP contribution in [0.5, 0.6) is 0 Å². The predicted molar refractivity (Wildman–Crippen MR) is 104 cm³/mol. The van der Waals surface area contributed by atoms with E-state index in [4.69, 9.17) is 0 Å². The number of amides is 1. The summed E-state index contributed by atoms with van der Waals surface area (Å²) in [5.74, 6) is -0.382. The number of aryl methyl sites for hydroxylation is 1. The summed E-state index contributed by atoms with van der Waals surface area (Å²) in [6.45, 7) is 4.00. The van der Waals surface area contributed by atoms with E-state index in [1.807, 2.05) is 17.9 Å². The number of thiophene rings is 1. The van der Waals surface area contributed by atoms with Crippen molar-refractivity contribution < 1.29 is 9.18 Å². The van der Waals surface area contributed by atoms with Crippen LogP contribution in [0.15, 0.2) is 41.5 Å². The number of benzene rings is 1. The van der Waals surface area contributed by atoms with Gasteiger partial charge in [-0.15, -0.1) is 11.3 Å². The first-order valence-electron chi connectivity index (χ1n) is 8.76. The van der Waals surface area contributed by atoms with E-state index < -0.39 is 0 Å². The maximum Gasteiger partial charge on any atom is 0.262 e. The highest BCUT2D eigenvalue weighted by Crippen LogP contribution is 2.21. The van der Waals surface area contributed by atoms with Gasteiger partial charge in [0.1, 0.15) is 17.2 Å². The quantitative estimate of drug-likeness (QED) is 0.693. The highest BCUT2D eigenvalue weighted by molar-refractivity contribution is 7.18. The molecule has 0 bridgehead atoms. The topological polar surface area (TPSA) is 58.4 Å². The van der Waals surface area contributed by atoms with Gasteiger partial charge in [0.2, 0.25) is 5.91 Å². The van der Waals surface area contributed by atoms with Crippen molar-refractivity contribution in [2.75, 3.05) is 31.1 Å². The molecular weight excluding hydrogens is 367 g/mol. The highest BCUT2D eigenvalue weighted by atomic mass is 32.1. The molecule has 3 heterocycles. The molecule has 0 saturated carbocycles. The van der Waals surface area contributed by atoms with Gasteiger partial charge in [0.25, 0.3) is 5.56 Å². The zero-order valence-corrected chi connectivity index (χ0v) is 15.7. The molecule has 3 aromatic rings. The number of halogens is 1. The van der Waals surface area contributed by atoms with Gasteiger partial charge in [0.05, 0.1) is 17.4 Å². The Labute approximate surface area is 159 Å². The van der Waals surface area contributed by atoms with Crippen molar-refractivity contribution >= 4 is 33.1 Å². The summed E-state index contributed by atoms with van der Waals surface area (Å²) < 4.78 is 15.3. The summed E-state index contributed by atoms with van der Waals surface area (Å²) in [6, 6.07) is 8.46. The minimum atomic E-state index is -0.255. The Morgan fingerprint density at radius 1 is 1.22 bits per heavy atom. The molecule has 4 rings (SSSR count). The van der Waals surface area contributed by atoms with Crippen LogP contribution in [0.25, 0.3) is 10.2 Å². The molecule has 8 heteroatoms. The van der Waals surface area contributed by atoms with Crippen LogP contribution in [0.2, 0.25) is 0 Å². The molecule has 0 atom stereocenters. The zero-order chi connectivity index (χ0) is 19.0. The van der Waals surface area contributed by atoms with Crippen LogP contribution in [-0.2, 0) is 11.3 Å². The number of anilines is 1. The maximum absolute atomic E-state index is 13.9. The normalized spacial score (nSPS) is 14.7. The first kappa shape index (κ1) is 17.7. The molecule has 0 aliphatic carbocycles. The summed E-state index contributed by atoms with van der Waals surface area (Å²) in [6.07, 6.45) is 1.44. The Balaban J connectivity index is 1.44. The van der Waals surface area contributed by atoms with Gasteiger partial charge in [-0.25, -0.2) is 9.37 Å². The van der Waals surface area contributed by atoms with Crippen molar-refractivity contribution in [1.82, 2.24) is 14.5 Å². The van der Waals surface area contributed by atoms with E-state index in [0.29, 0.717) is 42.1 Å². The minimum absolute atomic E-state index is 0.0314. The summed E-state index contributed by atoms with van der Waals surface area (Å²) in [5.41, 5.74) is 0.367. The lowest BCUT2D eigenvalue weighted by molar-refractivity contribution is -0.132. The fraction of sp³-hybridized carbons (Fsp3) is 0.316. The van der Waals surface area contributed by atoms with Gasteiger partial charge in [-0.05, 0) is 25.1 Å². The molecule has 1 aromatic carbocycles. The van der Waals surface area contributed by atoms with Crippen LogP contribution in [0.3, 0.4) is 0 Å². The molecule has 1 amide bonds. The van der Waals surface area contributed by atoms with Gasteiger partial charge in [-0.2, -0.15) is 0 Å². The molecule has 1 fully saturated rings. The Kier molecular flexibility index (Phi) is 4.65. The average molecular weight is 386 g/mol. The number of aromatic nitrogens is 2. The summed E-state index contributed by atoms with van der Waals surface area (Å²) in [7, 11) is 0. The Morgan fingerprint density at radius 2 is 1.96 bits per heavy atom. The summed E-state index contributed by atoms with van der Waals surface area (Å²) in [5, 5.41) is 0.553. The van der Waals surface area contributed by atoms with Crippen LogP contribution < -0.4 is 10.5 Å². The van der Waals surface area contributed by atoms with Crippen LogP contribution in [0.4, 0.5) is 10.1 Å². The molecule has 27 heavy (non-hydrogen) atoms. The van der Waals surface area contributed by atoms with Crippen molar-refractivity contribution in [3.05, 3.63) is 57.7 Å². The van der Waals surface area contributed by atoms with Gasteiger partial charge in [0, 0.05) is 31.1 Å².